The fourth-order valence-corrected chi connectivity index (χ4v) is 3.52. The molecule has 0 spiro atoms. The summed E-state index contributed by atoms with van der Waals surface area (Å²) in [5, 5.41) is 0.694. The van der Waals surface area contributed by atoms with Gasteiger partial charge < -0.3 is 9.72 Å². The van der Waals surface area contributed by atoms with Crippen LogP contribution in [0.15, 0.2) is 59.4 Å². The maximum atomic E-state index is 12.4. The Labute approximate surface area is 167 Å². The van der Waals surface area contributed by atoms with Crippen molar-refractivity contribution in [3.63, 3.8) is 0 Å². The maximum Gasteiger partial charge on any atom is 0.190 e. The molecule has 0 fully saturated rings. The molecule has 0 amide bonds. The molecule has 2 aromatic carbocycles. The zero-order valence-corrected chi connectivity index (χ0v) is 16.9. The third-order valence-electron chi connectivity index (χ3n) is 5.15. The Bertz CT molecular complexity index is 915. The van der Waals surface area contributed by atoms with E-state index in [0.29, 0.717) is 5.39 Å². The molecule has 1 heterocycles. The first kappa shape index (κ1) is 20.2. The van der Waals surface area contributed by atoms with Gasteiger partial charge in [0, 0.05) is 23.2 Å². The second-order valence-electron chi connectivity index (χ2n) is 7.44. The zero-order chi connectivity index (χ0) is 19.6. The molecule has 0 unspecified atom stereocenters. The number of hydrogen-bond acceptors (Lipinski definition) is 2. The molecule has 0 bridgehead atoms. The second-order valence-corrected chi connectivity index (χ2v) is 7.44. The van der Waals surface area contributed by atoms with Gasteiger partial charge in [-0.1, -0.05) is 82.2 Å². The molecule has 3 aromatic rings. The molecule has 28 heavy (non-hydrogen) atoms. The minimum absolute atomic E-state index is 0.0298. The Kier molecular flexibility index (Phi) is 7.71. The van der Waals surface area contributed by atoms with Crippen molar-refractivity contribution in [1.82, 2.24) is 4.98 Å². The van der Waals surface area contributed by atoms with Crippen molar-refractivity contribution in [2.24, 2.45) is 0 Å². The number of H-pyrrole nitrogens is 1. The van der Waals surface area contributed by atoms with Gasteiger partial charge in [-0.2, -0.15) is 0 Å². The van der Waals surface area contributed by atoms with E-state index in [1.807, 2.05) is 48.5 Å². The van der Waals surface area contributed by atoms with Gasteiger partial charge in [-0.15, -0.1) is 0 Å². The smallest absolute Gasteiger partial charge is 0.190 e. The van der Waals surface area contributed by atoms with Crippen LogP contribution in [0.25, 0.3) is 22.2 Å². The Balaban J connectivity index is 1.55. The maximum absolute atomic E-state index is 12.4. The van der Waals surface area contributed by atoms with E-state index in [-0.39, 0.29) is 5.43 Å². The van der Waals surface area contributed by atoms with Crippen molar-refractivity contribution >= 4 is 10.9 Å². The highest BCUT2D eigenvalue weighted by molar-refractivity contribution is 5.82. The lowest BCUT2D eigenvalue weighted by atomic mass is 10.1. The van der Waals surface area contributed by atoms with E-state index >= 15 is 0 Å². The van der Waals surface area contributed by atoms with Gasteiger partial charge in [0.05, 0.1) is 12.1 Å². The lowest BCUT2D eigenvalue weighted by molar-refractivity contribution is 0.304. The van der Waals surface area contributed by atoms with Crippen molar-refractivity contribution < 1.29 is 4.74 Å². The van der Waals surface area contributed by atoms with Crippen LogP contribution in [0.2, 0.25) is 0 Å². The van der Waals surface area contributed by atoms with Crippen molar-refractivity contribution in [2.45, 2.75) is 58.3 Å². The van der Waals surface area contributed by atoms with Gasteiger partial charge in [-0.05, 0) is 24.1 Å². The molecule has 3 heteroatoms. The van der Waals surface area contributed by atoms with Crippen molar-refractivity contribution in [3.8, 4) is 17.0 Å². The topological polar surface area (TPSA) is 42.1 Å². The minimum Gasteiger partial charge on any atom is -0.494 e. The lowest BCUT2D eigenvalue weighted by Crippen LogP contribution is -2.04. The van der Waals surface area contributed by atoms with Crippen LogP contribution in [-0.4, -0.2) is 11.6 Å². The van der Waals surface area contributed by atoms with Gasteiger partial charge in [0.2, 0.25) is 0 Å². The van der Waals surface area contributed by atoms with Crippen molar-refractivity contribution in [2.75, 3.05) is 6.61 Å². The van der Waals surface area contributed by atoms with Crippen LogP contribution in [0, 0.1) is 0 Å². The lowest BCUT2D eigenvalue weighted by Gasteiger charge is -2.09. The van der Waals surface area contributed by atoms with E-state index in [1.165, 1.54) is 44.9 Å². The van der Waals surface area contributed by atoms with Gasteiger partial charge in [0.25, 0.3) is 0 Å². The second kappa shape index (κ2) is 10.7. The molecule has 1 N–H and O–H groups in total. The van der Waals surface area contributed by atoms with Crippen LogP contribution < -0.4 is 10.2 Å². The van der Waals surface area contributed by atoms with Gasteiger partial charge in [0.15, 0.2) is 5.43 Å². The van der Waals surface area contributed by atoms with Crippen molar-refractivity contribution in [3.05, 3.63) is 64.8 Å². The number of fused-ring (bicyclic) bond motifs is 1. The monoisotopic (exact) mass is 377 g/mol. The van der Waals surface area contributed by atoms with Crippen LogP contribution in [-0.2, 0) is 0 Å². The zero-order valence-electron chi connectivity index (χ0n) is 16.9. The number of aromatic nitrogens is 1. The number of nitrogens with one attached hydrogen (secondary N) is 1. The van der Waals surface area contributed by atoms with Crippen LogP contribution in [0.1, 0.15) is 58.3 Å². The number of pyridine rings is 1. The molecule has 0 radical (unpaired) electrons. The quantitative estimate of drug-likeness (QED) is 0.377. The number of benzene rings is 2. The molecule has 3 nitrogen and oxygen atoms in total. The average molecular weight is 378 g/mol. The summed E-state index contributed by atoms with van der Waals surface area (Å²) in [7, 11) is 0. The highest BCUT2D eigenvalue weighted by Crippen LogP contribution is 2.22. The predicted molar refractivity (Wildman–Crippen MR) is 118 cm³/mol. The summed E-state index contributed by atoms with van der Waals surface area (Å²) in [5.74, 6) is 0.816. The molecule has 0 saturated carbocycles. The molecule has 0 saturated heterocycles. The Morgan fingerprint density at radius 1 is 0.821 bits per heavy atom. The molecular weight excluding hydrogens is 346 g/mol. The van der Waals surface area contributed by atoms with Crippen LogP contribution in [0.4, 0.5) is 0 Å². The Hall–Kier alpha value is -2.55. The van der Waals surface area contributed by atoms with E-state index in [0.717, 1.165) is 35.6 Å². The Morgan fingerprint density at radius 3 is 2.29 bits per heavy atom. The molecule has 1 aromatic heterocycles. The largest absolute Gasteiger partial charge is 0.494 e. The number of aromatic amines is 1. The van der Waals surface area contributed by atoms with Crippen LogP contribution >= 0.6 is 0 Å². The highest BCUT2D eigenvalue weighted by atomic mass is 16.5. The van der Waals surface area contributed by atoms with Gasteiger partial charge >= 0.3 is 0 Å². The molecule has 0 aliphatic carbocycles. The fourth-order valence-electron chi connectivity index (χ4n) is 3.52. The standard InChI is InChI=1S/C25H31NO2/c1-2-3-4-5-6-7-8-12-17-28-21-15-16-22-24(18-21)26-23(19-25(22)27)20-13-10-9-11-14-20/h9-11,13-16,18-19H,2-8,12,17H2,1H3,(H,26,27). The number of rotatable bonds is 11. The van der Waals surface area contributed by atoms with Crippen LogP contribution in [0.5, 0.6) is 5.75 Å². The number of unbranched alkanes of at least 4 members (excludes halogenated alkanes) is 7. The first-order chi connectivity index (χ1) is 13.8. The SMILES string of the molecule is CCCCCCCCCCOc1ccc2c(=O)cc(-c3ccccc3)[nH]c2c1. The number of hydrogen-bond donors (Lipinski definition) is 1. The van der Waals surface area contributed by atoms with E-state index < -0.39 is 0 Å². The molecule has 0 aliphatic heterocycles. The third kappa shape index (κ3) is 5.72. The molecule has 0 atom stereocenters. The summed E-state index contributed by atoms with van der Waals surface area (Å²) in [6.45, 7) is 2.98. The summed E-state index contributed by atoms with van der Waals surface area (Å²) in [6.07, 6.45) is 10.3. The van der Waals surface area contributed by atoms with Gasteiger partial charge in [-0.25, -0.2) is 0 Å². The summed E-state index contributed by atoms with van der Waals surface area (Å²) in [4.78, 5) is 15.8. The van der Waals surface area contributed by atoms with E-state index in [1.54, 1.807) is 6.07 Å². The third-order valence-corrected chi connectivity index (χ3v) is 5.15. The molecule has 0 aliphatic rings. The van der Waals surface area contributed by atoms with Crippen LogP contribution in [0.3, 0.4) is 0 Å². The molecule has 3 rings (SSSR count). The van der Waals surface area contributed by atoms with Crippen molar-refractivity contribution in [1.29, 1.82) is 0 Å². The van der Waals surface area contributed by atoms with Gasteiger partial charge in [0.1, 0.15) is 5.75 Å². The average Bonchev–Trinajstić information content (AvgIpc) is 2.73. The summed E-state index contributed by atoms with van der Waals surface area (Å²) in [6, 6.07) is 17.3. The molecular formula is C25H31NO2. The number of ether oxygens (including phenoxy) is 1. The van der Waals surface area contributed by atoms with E-state index in [9.17, 15) is 4.79 Å². The van der Waals surface area contributed by atoms with Gasteiger partial charge in [-0.3, -0.25) is 4.79 Å². The molecule has 148 valence electrons. The highest BCUT2D eigenvalue weighted by Gasteiger charge is 2.06. The normalized spacial score (nSPS) is 11.0. The minimum atomic E-state index is 0.0298. The summed E-state index contributed by atoms with van der Waals surface area (Å²) in [5.41, 5.74) is 2.69. The summed E-state index contributed by atoms with van der Waals surface area (Å²) >= 11 is 0. The predicted octanol–water partition coefficient (Wildman–Crippen LogP) is 6.71. The summed E-state index contributed by atoms with van der Waals surface area (Å²) < 4.78 is 5.92. The fraction of sp³-hybridized carbons (Fsp3) is 0.400. The Morgan fingerprint density at radius 2 is 1.54 bits per heavy atom. The first-order valence-corrected chi connectivity index (χ1v) is 10.6. The first-order valence-electron chi connectivity index (χ1n) is 10.6. The van der Waals surface area contributed by atoms with E-state index in [2.05, 4.69) is 11.9 Å². The van der Waals surface area contributed by atoms with E-state index in [4.69, 9.17) is 4.74 Å².